The summed E-state index contributed by atoms with van der Waals surface area (Å²) in [6, 6.07) is 0. The first-order valence-corrected chi connectivity index (χ1v) is 7.44. The van der Waals surface area contributed by atoms with E-state index in [1.54, 1.807) is 11.8 Å². The predicted octanol–water partition coefficient (Wildman–Crippen LogP) is 0.930. The molecule has 5 heteroatoms. The normalized spacial score (nSPS) is 28.6. The van der Waals surface area contributed by atoms with E-state index in [-0.39, 0.29) is 11.2 Å². The van der Waals surface area contributed by atoms with Gasteiger partial charge in [-0.2, -0.15) is 0 Å². The monoisotopic (exact) mass is 259 g/mol. The minimum absolute atomic E-state index is 0.0900. The van der Waals surface area contributed by atoms with Crippen LogP contribution in [-0.2, 0) is 9.53 Å². The van der Waals surface area contributed by atoms with Gasteiger partial charge in [-0.15, -0.1) is 11.8 Å². The number of hydrogen-bond acceptors (Lipinski definition) is 4. The van der Waals surface area contributed by atoms with Gasteiger partial charge in [-0.3, -0.25) is 4.79 Å². The van der Waals surface area contributed by atoms with Gasteiger partial charge in [-0.05, 0) is 18.6 Å². The highest BCUT2D eigenvalue weighted by atomic mass is 32.2. The molecule has 0 aliphatic carbocycles. The molecule has 0 radical (unpaired) electrons. The molecule has 2 fully saturated rings. The zero-order valence-electron chi connectivity index (χ0n) is 10.1. The zero-order valence-corrected chi connectivity index (χ0v) is 10.9. The first kappa shape index (κ1) is 13.2. The van der Waals surface area contributed by atoms with E-state index < -0.39 is 5.60 Å². The molecule has 98 valence electrons. The third-order valence-electron chi connectivity index (χ3n) is 3.49. The van der Waals surface area contributed by atoms with Gasteiger partial charge in [0.05, 0.1) is 10.9 Å². The van der Waals surface area contributed by atoms with Crippen molar-refractivity contribution in [1.29, 1.82) is 0 Å². The molecular weight excluding hydrogens is 238 g/mol. The smallest absolute Gasteiger partial charge is 0.233 e. The summed E-state index contributed by atoms with van der Waals surface area (Å²) in [6.45, 7) is 1.54. The topological polar surface area (TPSA) is 58.6 Å². The maximum absolute atomic E-state index is 11.9. The van der Waals surface area contributed by atoms with Gasteiger partial charge in [-0.25, -0.2) is 0 Å². The molecule has 2 rings (SSSR count). The molecule has 0 aromatic heterocycles. The summed E-state index contributed by atoms with van der Waals surface area (Å²) in [4.78, 5) is 11.9. The Bertz CT molecular complexity index is 260. The first-order chi connectivity index (χ1) is 8.20. The summed E-state index contributed by atoms with van der Waals surface area (Å²) >= 11 is 1.74. The Balaban J connectivity index is 1.74. The molecule has 0 bridgehead atoms. The van der Waals surface area contributed by atoms with Crippen molar-refractivity contribution < 1.29 is 14.6 Å². The molecule has 2 aliphatic rings. The van der Waals surface area contributed by atoms with Gasteiger partial charge < -0.3 is 15.2 Å². The quantitative estimate of drug-likeness (QED) is 0.791. The molecule has 2 aliphatic heterocycles. The lowest BCUT2D eigenvalue weighted by atomic mass is 9.94. The van der Waals surface area contributed by atoms with E-state index in [4.69, 9.17) is 4.74 Å². The lowest BCUT2D eigenvalue weighted by molar-refractivity contribution is -0.123. The standard InChI is InChI=1S/C12H21NO3S/c14-11(10-3-1-2-8-17-10)13-9-12(15)4-6-16-7-5-12/h10,15H,1-9H2,(H,13,14). The van der Waals surface area contributed by atoms with Crippen molar-refractivity contribution in [3.63, 3.8) is 0 Å². The van der Waals surface area contributed by atoms with Crippen LogP contribution in [0, 0.1) is 0 Å². The van der Waals surface area contributed by atoms with Gasteiger partial charge >= 0.3 is 0 Å². The van der Waals surface area contributed by atoms with E-state index in [9.17, 15) is 9.90 Å². The van der Waals surface area contributed by atoms with Crippen molar-refractivity contribution in [3.8, 4) is 0 Å². The highest BCUT2D eigenvalue weighted by Crippen LogP contribution is 2.25. The van der Waals surface area contributed by atoms with Gasteiger partial charge in [0.25, 0.3) is 0 Å². The Morgan fingerprint density at radius 1 is 1.41 bits per heavy atom. The lowest BCUT2D eigenvalue weighted by Gasteiger charge is -2.32. The molecule has 0 aromatic carbocycles. The lowest BCUT2D eigenvalue weighted by Crippen LogP contribution is -2.48. The average molecular weight is 259 g/mol. The number of thioether (sulfide) groups is 1. The van der Waals surface area contributed by atoms with Crippen LogP contribution in [0.2, 0.25) is 0 Å². The highest BCUT2D eigenvalue weighted by Gasteiger charge is 2.31. The molecule has 0 saturated carbocycles. The number of carbonyl (C=O) groups excluding carboxylic acids is 1. The Kier molecular flexibility index (Phi) is 4.70. The molecule has 0 spiro atoms. The number of carbonyl (C=O) groups is 1. The van der Waals surface area contributed by atoms with Gasteiger partial charge in [0.1, 0.15) is 0 Å². The molecule has 17 heavy (non-hydrogen) atoms. The van der Waals surface area contributed by atoms with Crippen LogP contribution in [0.4, 0.5) is 0 Å². The van der Waals surface area contributed by atoms with Crippen LogP contribution in [0.3, 0.4) is 0 Å². The SMILES string of the molecule is O=C(NCC1(O)CCOCC1)C1CCCCS1. The fourth-order valence-electron chi connectivity index (χ4n) is 2.24. The Hall–Kier alpha value is -0.260. The summed E-state index contributed by atoms with van der Waals surface area (Å²) in [6.07, 6.45) is 4.56. The van der Waals surface area contributed by atoms with Gasteiger partial charge in [0.15, 0.2) is 0 Å². The summed E-state index contributed by atoms with van der Waals surface area (Å²) in [5.41, 5.74) is -0.757. The first-order valence-electron chi connectivity index (χ1n) is 6.39. The second-order valence-electron chi connectivity index (χ2n) is 4.91. The van der Waals surface area contributed by atoms with E-state index in [1.165, 1.54) is 6.42 Å². The molecule has 0 aromatic rings. The van der Waals surface area contributed by atoms with Crippen LogP contribution in [0.1, 0.15) is 32.1 Å². The van der Waals surface area contributed by atoms with E-state index in [0.29, 0.717) is 32.6 Å². The van der Waals surface area contributed by atoms with Crippen LogP contribution in [-0.4, -0.2) is 47.4 Å². The summed E-state index contributed by atoms with van der Waals surface area (Å²) in [5, 5.41) is 13.2. The number of rotatable bonds is 3. The average Bonchev–Trinajstić information content (AvgIpc) is 2.38. The Morgan fingerprint density at radius 3 is 2.82 bits per heavy atom. The molecular formula is C12H21NO3S. The third-order valence-corrected chi connectivity index (χ3v) is 4.86. The molecule has 2 saturated heterocycles. The third kappa shape index (κ3) is 3.86. The van der Waals surface area contributed by atoms with Crippen LogP contribution in [0.5, 0.6) is 0 Å². The number of aliphatic hydroxyl groups is 1. The Labute approximate surface area is 106 Å². The van der Waals surface area contributed by atoms with Gasteiger partial charge in [0, 0.05) is 32.6 Å². The fourth-order valence-corrected chi connectivity index (χ4v) is 3.46. The fraction of sp³-hybridized carbons (Fsp3) is 0.917. The minimum Gasteiger partial charge on any atom is -0.388 e. The molecule has 1 atom stereocenters. The number of hydrogen-bond donors (Lipinski definition) is 2. The van der Waals surface area contributed by atoms with Crippen molar-refractivity contribution in [3.05, 3.63) is 0 Å². The molecule has 2 heterocycles. The van der Waals surface area contributed by atoms with Crippen LogP contribution < -0.4 is 5.32 Å². The van der Waals surface area contributed by atoms with E-state index in [0.717, 1.165) is 18.6 Å². The van der Waals surface area contributed by atoms with E-state index in [2.05, 4.69) is 5.32 Å². The number of ether oxygens (including phenoxy) is 1. The summed E-state index contributed by atoms with van der Waals surface area (Å²) in [5.74, 6) is 1.17. The zero-order chi connectivity index (χ0) is 12.1. The maximum Gasteiger partial charge on any atom is 0.233 e. The van der Waals surface area contributed by atoms with Crippen LogP contribution >= 0.6 is 11.8 Å². The van der Waals surface area contributed by atoms with Crippen molar-refractivity contribution in [2.45, 2.75) is 43.0 Å². The van der Waals surface area contributed by atoms with Gasteiger partial charge in [-0.1, -0.05) is 6.42 Å². The summed E-state index contributed by atoms with van der Waals surface area (Å²) in [7, 11) is 0. The van der Waals surface area contributed by atoms with Crippen molar-refractivity contribution in [2.75, 3.05) is 25.5 Å². The van der Waals surface area contributed by atoms with Crippen LogP contribution in [0.25, 0.3) is 0 Å². The summed E-state index contributed by atoms with van der Waals surface area (Å²) < 4.78 is 5.21. The van der Waals surface area contributed by atoms with E-state index >= 15 is 0 Å². The molecule has 2 N–H and O–H groups in total. The van der Waals surface area contributed by atoms with Crippen molar-refractivity contribution in [2.24, 2.45) is 0 Å². The molecule has 1 unspecified atom stereocenters. The molecule has 4 nitrogen and oxygen atoms in total. The highest BCUT2D eigenvalue weighted by molar-refractivity contribution is 8.00. The minimum atomic E-state index is -0.757. The van der Waals surface area contributed by atoms with Gasteiger partial charge in [0.2, 0.25) is 5.91 Å². The second-order valence-corrected chi connectivity index (χ2v) is 6.22. The maximum atomic E-state index is 11.9. The Morgan fingerprint density at radius 2 is 2.18 bits per heavy atom. The second kappa shape index (κ2) is 6.07. The largest absolute Gasteiger partial charge is 0.388 e. The molecule has 1 amide bonds. The predicted molar refractivity (Wildman–Crippen MR) is 68.1 cm³/mol. The van der Waals surface area contributed by atoms with Crippen molar-refractivity contribution >= 4 is 17.7 Å². The number of amides is 1. The van der Waals surface area contributed by atoms with Crippen molar-refractivity contribution in [1.82, 2.24) is 5.32 Å². The van der Waals surface area contributed by atoms with Crippen LogP contribution in [0.15, 0.2) is 0 Å². The van der Waals surface area contributed by atoms with E-state index in [1.807, 2.05) is 0 Å². The number of nitrogens with one attached hydrogen (secondary N) is 1.